The summed E-state index contributed by atoms with van der Waals surface area (Å²) in [6.45, 7) is 8.78. The highest BCUT2D eigenvalue weighted by atomic mass is 16.5. The summed E-state index contributed by atoms with van der Waals surface area (Å²) < 4.78 is 11.2. The van der Waals surface area contributed by atoms with Gasteiger partial charge in [0.2, 0.25) is 11.8 Å². The number of nitrogens with one attached hydrogen (secondary N) is 1. The van der Waals surface area contributed by atoms with Crippen molar-refractivity contribution >= 4 is 23.6 Å². The highest BCUT2D eigenvalue weighted by molar-refractivity contribution is 5.98. The van der Waals surface area contributed by atoms with E-state index in [0.717, 1.165) is 22.4 Å². The topological polar surface area (TPSA) is 67.9 Å². The normalized spacial score (nSPS) is 10.7. The summed E-state index contributed by atoms with van der Waals surface area (Å²) in [5.74, 6) is 0.795. The highest BCUT2D eigenvalue weighted by Gasteiger charge is 2.12. The molecule has 0 bridgehead atoms. The number of rotatable bonds is 9. The van der Waals surface area contributed by atoms with E-state index in [2.05, 4.69) is 5.32 Å². The maximum absolute atomic E-state index is 12.4. The molecule has 6 nitrogen and oxygen atoms in total. The fourth-order valence-electron chi connectivity index (χ4n) is 2.84. The van der Waals surface area contributed by atoms with Crippen LogP contribution < -0.4 is 14.8 Å². The molecule has 1 N–H and O–H groups in total. The summed E-state index contributed by atoms with van der Waals surface area (Å²) in [4.78, 5) is 26.1. The van der Waals surface area contributed by atoms with Gasteiger partial charge in [-0.3, -0.25) is 9.59 Å². The number of nitrogens with zero attached hydrogens (tertiary/aromatic N) is 1. The molecule has 2 rings (SSSR count). The first-order chi connectivity index (χ1) is 14.3. The van der Waals surface area contributed by atoms with Crippen molar-refractivity contribution in [2.75, 3.05) is 32.1 Å². The quantitative estimate of drug-likeness (QED) is 0.629. The summed E-state index contributed by atoms with van der Waals surface area (Å²) in [5, 5.41) is 2.86. The van der Waals surface area contributed by atoms with Crippen LogP contribution in [0.4, 0.5) is 5.69 Å². The number of aryl methyl sites for hydroxylation is 1. The van der Waals surface area contributed by atoms with Crippen LogP contribution in [0, 0.1) is 13.8 Å². The van der Waals surface area contributed by atoms with Crippen LogP contribution in [0.3, 0.4) is 0 Å². The minimum Gasteiger partial charge on any atom is -0.490 e. The number of anilines is 1. The van der Waals surface area contributed by atoms with Crippen LogP contribution >= 0.6 is 0 Å². The second-order valence-corrected chi connectivity index (χ2v) is 6.90. The molecule has 0 saturated carbocycles. The minimum atomic E-state index is -0.266. The Morgan fingerprint density at radius 3 is 2.43 bits per heavy atom. The second-order valence-electron chi connectivity index (χ2n) is 6.90. The Morgan fingerprint density at radius 2 is 1.73 bits per heavy atom. The molecule has 0 spiro atoms. The van der Waals surface area contributed by atoms with Crippen LogP contribution in [0.25, 0.3) is 6.08 Å². The molecule has 0 heterocycles. The van der Waals surface area contributed by atoms with Crippen LogP contribution in [0.1, 0.15) is 30.5 Å². The number of benzene rings is 2. The van der Waals surface area contributed by atoms with E-state index in [9.17, 15) is 9.59 Å². The molecule has 0 aliphatic rings. The average molecular weight is 411 g/mol. The number of likely N-dealkylation sites (N-methyl/N-ethyl adjacent to an activating group) is 1. The van der Waals surface area contributed by atoms with Gasteiger partial charge in [0, 0.05) is 18.8 Å². The fraction of sp³-hybridized carbons (Fsp3) is 0.333. The van der Waals surface area contributed by atoms with Crippen molar-refractivity contribution in [3.63, 3.8) is 0 Å². The first-order valence-electron chi connectivity index (χ1n) is 10.0. The summed E-state index contributed by atoms with van der Waals surface area (Å²) in [6.07, 6.45) is 3.14. The van der Waals surface area contributed by atoms with E-state index >= 15 is 0 Å². The van der Waals surface area contributed by atoms with Gasteiger partial charge in [-0.15, -0.1) is 0 Å². The number of carbonyl (C=O) groups excluding carboxylic acids is 2. The van der Waals surface area contributed by atoms with Gasteiger partial charge in [0.05, 0.1) is 19.8 Å². The Balaban J connectivity index is 1.99. The van der Waals surface area contributed by atoms with Gasteiger partial charge < -0.3 is 19.7 Å². The third-order valence-electron chi connectivity index (χ3n) is 4.62. The molecule has 2 amide bonds. The highest BCUT2D eigenvalue weighted by Crippen LogP contribution is 2.29. The van der Waals surface area contributed by atoms with E-state index in [4.69, 9.17) is 9.47 Å². The molecule has 2 aromatic rings. The van der Waals surface area contributed by atoms with Crippen LogP contribution in [0.5, 0.6) is 11.5 Å². The number of ether oxygens (including phenoxy) is 2. The number of carbonyl (C=O) groups is 2. The van der Waals surface area contributed by atoms with Crippen molar-refractivity contribution < 1.29 is 19.1 Å². The van der Waals surface area contributed by atoms with E-state index in [1.807, 2.05) is 64.1 Å². The Morgan fingerprint density at radius 1 is 1.03 bits per heavy atom. The Labute approximate surface area is 178 Å². The molecule has 0 saturated heterocycles. The zero-order chi connectivity index (χ0) is 22.1. The first kappa shape index (κ1) is 23.0. The van der Waals surface area contributed by atoms with Crippen LogP contribution in [-0.4, -0.2) is 43.5 Å². The molecule has 0 unspecified atom stereocenters. The predicted molar refractivity (Wildman–Crippen MR) is 120 cm³/mol. The standard InChI is InChI=1S/C24H30N2O4/c1-6-29-21-13-11-19(15-22(21)30-7-2)12-14-24(28)26(5)16-23(27)25-20-10-8-9-17(3)18(20)4/h8-15H,6-7,16H2,1-5H3,(H,25,27)/b14-12+. The number of hydrogen-bond donors (Lipinski definition) is 1. The molecule has 6 heteroatoms. The smallest absolute Gasteiger partial charge is 0.246 e. The molecule has 160 valence electrons. The van der Waals surface area contributed by atoms with Gasteiger partial charge in [0.15, 0.2) is 11.5 Å². The van der Waals surface area contributed by atoms with E-state index in [1.54, 1.807) is 13.1 Å². The molecule has 0 atom stereocenters. The van der Waals surface area contributed by atoms with Crippen LogP contribution in [0.15, 0.2) is 42.5 Å². The zero-order valence-corrected chi connectivity index (χ0v) is 18.3. The largest absolute Gasteiger partial charge is 0.490 e. The molecule has 0 aromatic heterocycles. The van der Waals surface area contributed by atoms with E-state index in [1.165, 1.54) is 11.0 Å². The summed E-state index contributed by atoms with van der Waals surface area (Å²) in [5.41, 5.74) is 3.68. The van der Waals surface area contributed by atoms with Crippen molar-refractivity contribution in [2.45, 2.75) is 27.7 Å². The maximum Gasteiger partial charge on any atom is 0.246 e. The van der Waals surface area contributed by atoms with Crippen molar-refractivity contribution in [3.05, 3.63) is 59.2 Å². The van der Waals surface area contributed by atoms with Gasteiger partial charge in [-0.2, -0.15) is 0 Å². The molecule has 0 radical (unpaired) electrons. The monoisotopic (exact) mass is 410 g/mol. The van der Waals surface area contributed by atoms with Gasteiger partial charge in [-0.25, -0.2) is 0 Å². The van der Waals surface area contributed by atoms with Gasteiger partial charge in [0.1, 0.15) is 0 Å². The minimum absolute atomic E-state index is 0.0377. The Hall–Kier alpha value is -3.28. The predicted octanol–water partition coefficient (Wildman–Crippen LogP) is 4.21. The van der Waals surface area contributed by atoms with Crippen molar-refractivity contribution in [2.24, 2.45) is 0 Å². The lowest BCUT2D eigenvalue weighted by atomic mass is 10.1. The van der Waals surface area contributed by atoms with Gasteiger partial charge in [0.25, 0.3) is 0 Å². The van der Waals surface area contributed by atoms with Crippen LogP contribution in [0.2, 0.25) is 0 Å². The van der Waals surface area contributed by atoms with Crippen LogP contribution in [-0.2, 0) is 9.59 Å². The molecule has 30 heavy (non-hydrogen) atoms. The Bertz CT molecular complexity index is 921. The Kier molecular flexibility index (Phi) is 8.47. The zero-order valence-electron chi connectivity index (χ0n) is 18.3. The number of hydrogen-bond acceptors (Lipinski definition) is 4. The third-order valence-corrected chi connectivity index (χ3v) is 4.62. The molecule has 0 fully saturated rings. The second kappa shape index (κ2) is 11.0. The van der Waals surface area contributed by atoms with Gasteiger partial charge in [-0.05, 0) is 68.7 Å². The van der Waals surface area contributed by atoms with E-state index < -0.39 is 0 Å². The first-order valence-corrected chi connectivity index (χ1v) is 10.0. The van der Waals surface area contributed by atoms with Gasteiger partial charge in [-0.1, -0.05) is 18.2 Å². The SMILES string of the molecule is CCOc1ccc(/C=C/C(=O)N(C)CC(=O)Nc2cccc(C)c2C)cc1OCC. The molecule has 0 aliphatic heterocycles. The number of amides is 2. The fourth-order valence-corrected chi connectivity index (χ4v) is 2.84. The molecular weight excluding hydrogens is 380 g/mol. The van der Waals surface area contributed by atoms with Gasteiger partial charge >= 0.3 is 0 Å². The summed E-state index contributed by atoms with van der Waals surface area (Å²) in [7, 11) is 1.60. The van der Waals surface area contributed by atoms with Crippen molar-refractivity contribution in [3.8, 4) is 11.5 Å². The summed E-state index contributed by atoms with van der Waals surface area (Å²) in [6, 6.07) is 11.2. The van der Waals surface area contributed by atoms with E-state index in [-0.39, 0.29) is 18.4 Å². The lowest BCUT2D eigenvalue weighted by Crippen LogP contribution is -2.34. The summed E-state index contributed by atoms with van der Waals surface area (Å²) >= 11 is 0. The third kappa shape index (κ3) is 6.37. The van der Waals surface area contributed by atoms with Crippen molar-refractivity contribution in [1.82, 2.24) is 4.90 Å². The van der Waals surface area contributed by atoms with Crippen molar-refractivity contribution in [1.29, 1.82) is 0 Å². The van der Waals surface area contributed by atoms with E-state index in [0.29, 0.717) is 24.7 Å². The lowest BCUT2D eigenvalue weighted by Gasteiger charge is -2.16. The lowest BCUT2D eigenvalue weighted by molar-refractivity contribution is -0.129. The average Bonchev–Trinajstić information content (AvgIpc) is 2.71. The molecule has 2 aromatic carbocycles. The molecule has 0 aliphatic carbocycles. The molecular formula is C24H30N2O4. The maximum atomic E-state index is 12.4.